The minimum Gasteiger partial charge on any atom is -0.436 e. The van der Waals surface area contributed by atoms with Crippen molar-refractivity contribution >= 4 is 12.0 Å². The summed E-state index contributed by atoms with van der Waals surface area (Å²) >= 11 is 0. The quantitative estimate of drug-likeness (QED) is 0.690. The number of amides is 2. The van der Waals surface area contributed by atoms with Gasteiger partial charge in [-0.05, 0) is 43.6 Å². The molecule has 8 heteroatoms. The molecule has 3 fully saturated rings. The number of nitrogens with zero attached hydrogens (tertiary/aromatic N) is 3. The van der Waals surface area contributed by atoms with Crippen LogP contribution < -0.4 is 5.32 Å². The molecule has 3 atom stereocenters. The molecule has 2 aliphatic heterocycles. The highest BCUT2D eigenvalue weighted by Crippen LogP contribution is 2.43. The van der Waals surface area contributed by atoms with Crippen molar-refractivity contribution in [1.82, 2.24) is 15.1 Å². The smallest absolute Gasteiger partial charge is 0.410 e. The zero-order chi connectivity index (χ0) is 22.5. The molecular formula is C23H38N4O4. The number of rotatable bonds is 6. The summed E-state index contributed by atoms with van der Waals surface area (Å²) in [4.78, 5) is 29.9. The Morgan fingerprint density at radius 3 is 2.58 bits per heavy atom. The average molecular weight is 435 g/mol. The molecule has 3 rings (SSSR count). The molecule has 0 spiro atoms. The molecule has 2 heterocycles. The predicted molar refractivity (Wildman–Crippen MR) is 116 cm³/mol. The van der Waals surface area contributed by atoms with Gasteiger partial charge in [-0.1, -0.05) is 33.6 Å². The number of hydrogen-bond donors (Lipinski definition) is 1. The van der Waals surface area contributed by atoms with Crippen molar-refractivity contribution in [2.24, 2.45) is 11.3 Å². The second kappa shape index (κ2) is 10.2. The minimum atomic E-state index is -0.918. The van der Waals surface area contributed by atoms with Gasteiger partial charge in [0.15, 0.2) is 6.10 Å². The van der Waals surface area contributed by atoms with Gasteiger partial charge in [-0.15, -0.1) is 0 Å². The molecule has 0 bridgehead atoms. The fourth-order valence-electron chi connectivity index (χ4n) is 5.11. The van der Waals surface area contributed by atoms with Gasteiger partial charge in [-0.25, -0.2) is 4.79 Å². The monoisotopic (exact) mass is 434 g/mol. The van der Waals surface area contributed by atoms with Crippen LogP contribution in [-0.4, -0.2) is 79.4 Å². The maximum Gasteiger partial charge on any atom is 0.410 e. The second-order valence-electron chi connectivity index (χ2n) is 9.94. The van der Waals surface area contributed by atoms with E-state index in [4.69, 9.17) is 9.47 Å². The highest BCUT2D eigenvalue weighted by Gasteiger charge is 2.43. The van der Waals surface area contributed by atoms with Crippen LogP contribution in [0, 0.1) is 22.7 Å². The first-order chi connectivity index (χ1) is 14.8. The molecule has 3 aliphatic rings. The Bertz CT molecular complexity index is 686. The van der Waals surface area contributed by atoms with Crippen LogP contribution >= 0.6 is 0 Å². The van der Waals surface area contributed by atoms with Gasteiger partial charge in [0, 0.05) is 26.2 Å². The summed E-state index contributed by atoms with van der Waals surface area (Å²) in [5.74, 6) is -0.0503. The molecule has 1 saturated carbocycles. The van der Waals surface area contributed by atoms with Gasteiger partial charge in [-0.3, -0.25) is 4.79 Å². The maximum absolute atomic E-state index is 13.4. The summed E-state index contributed by atoms with van der Waals surface area (Å²) in [7, 11) is 0. The van der Waals surface area contributed by atoms with E-state index >= 15 is 0 Å². The Kier molecular flexibility index (Phi) is 7.82. The number of carbonyl (C=O) groups is 2. The number of likely N-dealkylation sites (N-methyl/N-ethyl adjacent to an activating group) is 1. The van der Waals surface area contributed by atoms with E-state index in [1.165, 1.54) is 6.42 Å². The lowest BCUT2D eigenvalue weighted by atomic mass is 9.67. The van der Waals surface area contributed by atoms with Crippen LogP contribution in [-0.2, 0) is 14.3 Å². The Morgan fingerprint density at radius 1 is 1.23 bits per heavy atom. The van der Waals surface area contributed by atoms with Crippen LogP contribution in [0.4, 0.5) is 4.79 Å². The van der Waals surface area contributed by atoms with Crippen molar-refractivity contribution in [3.8, 4) is 6.07 Å². The maximum atomic E-state index is 13.4. The third kappa shape index (κ3) is 5.89. The lowest BCUT2D eigenvalue weighted by Crippen LogP contribution is -2.54. The SMILES string of the molecule is CCN1CCC(C#N)(NC(=O)C(CC2CCCCC2(C)C)OC(=O)N2CCOCC2)C1. The lowest BCUT2D eigenvalue weighted by Gasteiger charge is -2.40. The van der Waals surface area contributed by atoms with Gasteiger partial charge >= 0.3 is 6.09 Å². The number of likely N-dealkylation sites (tertiary alicyclic amines) is 1. The highest BCUT2D eigenvalue weighted by atomic mass is 16.6. The van der Waals surface area contributed by atoms with Gasteiger partial charge in [0.25, 0.3) is 5.91 Å². The van der Waals surface area contributed by atoms with Crippen molar-refractivity contribution in [3.05, 3.63) is 0 Å². The third-order valence-electron chi connectivity index (χ3n) is 7.40. The lowest BCUT2D eigenvalue weighted by molar-refractivity contribution is -0.133. The number of nitrogens with one attached hydrogen (secondary N) is 1. The second-order valence-corrected chi connectivity index (χ2v) is 9.94. The molecule has 174 valence electrons. The number of morpholine rings is 1. The van der Waals surface area contributed by atoms with E-state index in [0.717, 1.165) is 32.4 Å². The summed E-state index contributed by atoms with van der Waals surface area (Å²) in [5, 5.41) is 12.8. The van der Waals surface area contributed by atoms with E-state index in [2.05, 4.69) is 30.1 Å². The number of ether oxygens (including phenoxy) is 2. The van der Waals surface area contributed by atoms with Gasteiger partial charge in [0.05, 0.1) is 19.3 Å². The molecule has 31 heavy (non-hydrogen) atoms. The van der Waals surface area contributed by atoms with E-state index < -0.39 is 17.7 Å². The van der Waals surface area contributed by atoms with Gasteiger partial charge in [0.1, 0.15) is 5.54 Å². The van der Waals surface area contributed by atoms with Crippen molar-refractivity contribution in [2.75, 3.05) is 45.9 Å². The fourth-order valence-corrected chi connectivity index (χ4v) is 5.11. The molecule has 2 amide bonds. The molecule has 1 aliphatic carbocycles. The Balaban J connectivity index is 1.73. The molecule has 0 aromatic rings. The first-order valence-electron chi connectivity index (χ1n) is 11.8. The van der Waals surface area contributed by atoms with Crippen LogP contribution in [0.5, 0.6) is 0 Å². The van der Waals surface area contributed by atoms with Crippen molar-refractivity contribution in [1.29, 1.82) is 5.26 Å². The molecule has 1 N–H and O–H groups in total. The molecule has 0 aromatic carbocycles. The van der Waals surface area contributed by atoms with E-state index in [1.807, 2.05) is 6.92 Å². The van der Waals surface area contributed by atoms with Gasteiger partial charge in [-0.2, -0.15) is 5.26 Å². The number of hydrogen-bond acceptors (Lipinski definition) is 6. The third-order valence-corrected chi connectivity index (χ3v) is 7.40. The molecule has 8 nitrogen and oxygen atoms in total. The van der Waals surface area contributed by atoms with E-state index in [9.17, 15) is 14.9 Å². The van der Waals surface area contributed by atoms with Crippen LogP contribution in [0.3, 0.4) is 0 Å². The number of carbonyl (C=O) groups excluding carboxylic acids is 2. The Morgan fingerprint density at radius 2 is 1.97 bits per heavy atom. The number of nitriles is 1. The van der Waals surface area contributed by atoms with Crippen LogP contribution in [0.15, 0.2) is 0 Å². The average Bonchev–Trinajstić information content (AvgIpc) is 3.18. The summed E-state index contributed by atoms with van der Waals surface area (Å²) in [6.45, 7) is 10.5. The van der Waals surface area contributed by atoms with Crippen LogP contribution in [0.25, 0.3) is 0 Å². The standard InChI is InChI=1S/C23H38N4O4/c1-4-26-10-9-23(16-24,17-26)25-20(28)19(15-18-7-5-6-8-22(18,2)3)31-21(29)27-11-13-30-14-12-27/h18-19H,4-15,17H2,1-3H3,(H,25,28). The van der Waals surface area contributed by atoms with Gasteiger partial charge < -0.3 is 24.6 Å². The van der Waals surface area contributed by atoms with Gasteiger partial charge in [0.2, 0.25) is 0 Å². The zero-order valence-electron chi connectivity index (χ0n) is 19.3. The van der Waals surface area contributed by atoms with Crippen molar-refractivity contribution < 1.29 is 19.1 Å². The van der Waals surface area contributed by atoms with Crippen LogP contribution in [0.2, 0.25) is 0 Å². The molecule has 0 radical (unpaired) electrons. The molecule has 2 saturated heterocycles. The van der Waals surface area contributed by atoms with E-state index in [-0.39, 0.29) is 11.3 Å². The highest BCUT2D eigenvalue weighted by molar-refractivity contribution is 5.84. The molecule has 3 unspecified atom stereocenters. The summed E-state index contributed by atoms with van der Waals surface area (Å²) in [5.41, 5.74) is -0.819. The predicted octanol–water partition coefficient (Wildman–Crippen LogP) is 2.53. The summed E-state index contributed by atoms with van der Waals surface area (Å²) in [6, 6.07) is 2.32. The van der Waals surface area contributed by atoms with Crippen molar-refractivity contribution in [3.63, 3.8) is 0 Å². The summed E-state index contributed by atoms with van der Waals surface area (Å²) < 4.78 is 11.1. The molecular weight excluding hydrogens is 396 g/mol. The van der Waals surface area contributed by atoms with E-state index in [1.54, 1.807) is 4.90 Å². The Hall–Kier alpha value is -1.85. The Labute approximate surface area is 186 Å². The topological polar surface area (TPSA) is 94.9 Å². The molecule has 0 aromatic heterocycles. The normalized spacial score (nSPS) is 29.7. The largest absolute Gasteiger partial charge is 0.436 e. The fraction of sp³-hybridized carbons (Fsp3) is 0.870. The van der Waals surface area contributed by atoms with E-state index in [0.29, 0.717) is 51.6 Å². The zero-order valence-corrected chi connectivity index (χ0v) is 19.3. The van der Waals surface area contributed by atoms with Crippen LogP contribution in [0.1, 0.15) is 59.3 Å². The summed E-state index contributed by atoms with van der Waals surface area (Å²) in [6.07, 6.45) is 4.18. The first kappa shape index (κ1) is 23.8. The first-order valence-corrected chi connectivity index (χ1v) is 11.8. The van der Waals surface area contributed by atoms with Crippen molar-refractivity contribution in [2.45, 2.75) is 70.9 Å². The minimum absolute atomic E-state index is 0.0986.